The summed E-state index contributed by atoms with van der Waals surface area (Å²) in [5.74, 6) is -0.272. The van der Waals surface area contributed by atoms with E-state index in [1.54, 1.807) is 18.2 Å². The summed E-state index contributed by atoms with van der Waals surface area (Å²) in [5, 5.41) is 19.1. The maximum Gasteiger partial charge on any atom is 0.488 e. The van der Waals surface area contributed by atoms with Gasteiger partial charge in [-0.1, -0.05) is 35.3 Å². The summed E-state index contributed by atoms with van der Waals surface area (Å²) >= 11 is 11.9. The lowest BCUT2D eigenvalue weighted by atomic mass is 9.77. The third kappa shape index (κ3) is 3.43. The molecule has 0 amide bonds. The zero-order chi connectivity index (χ0) is 14.7. The number of rotatable bonds is 4. The summed E-state index contributed by atoms with van der Waals surface area (Å²) in [7, 11) is -1.79. The zero-order valence-corrected chi connectivity index (χ0v) is 11.7. The van der Waals surface area contributed by atoms with E-state index >= 15 is 0 Å². The van der Waals surface area contributed by atoms with E-state index < -0.39 is 12.9 Å². The summed E-state index contributed by atoms with van der Waals surface area (Å²) in [5.41, 5.74) is 0.463. The number of para-hydroxylation sites is 1. The molecular weight excluding hydrogens is 305 g/mol. The Bertz CT molecular complexity index is 602. The van der Waals surface area contributed by atoms with Crippen LogP contribution in [0.1, 0.15) is 5.56 Å². The van der Waals surface area contributed by atoms with Gasteiger partial charge in [0, 0.05) is 0 Å². The van der Waals surface area contributed by atoms with Crippen molar-refractivity contribution in [1.29, 1.82) is 0 Å². The minimum Gasteiger partial charge on any atom is -0.486 e. The molecule has 0 aliphatic heterocycles. The lowest BCUT2D eigenvalue weighted by Crippen LogP contribution is -2.34. The van der Waals surface area contributed by atoms with Crippen LogP contribution in [0.4, 0.5) is 4.39 Å². The van der Waals surface area contributed by atoms with Gasteiger partial charge in [0.15, 0.2) is 5.75 Å². The Morgan fingerprint density at radius 3 is 2.35 bits per heavy atom. The van der Waals surface area contributed by atoms with E-state index in [1.165, 1.54) is 12.1 Å². The summed E-state index contributed by atoms with van der Waals surface area (Å²) < 4.78 is 18.6. The summed E-state index contributed by atoms with van der Waals surface area (Å²) in [6.07, 6.45) is 0. The minimum absolute atomic E-state index is 0.0172. The van der Waals surface area contributed by atoms with E-state index in [4.69, 9.17) is 27.9 Å². The van der Waals surface area contributed by atoms with Gasteiger partial charge in [0.25, 0.3) is 0 Å². The van der Waals surface area contributed by atoms with Gasteiger partial charge in [0.1, 0.15) is 12.4 Å². The number of ether oxygens (including phenoxy) is 1. The van der Waals surface area contributed by atoms with Crippen molar-refractivity contribution >= 4 is 35.8 Å². The van der Waals surface area contributed by atoms with Crippen molar-refractivity contribution in [3.05, 3.63) is 57.8 Å². The fourth-order valence-corrected chi connectivity index (χ4v) is 2.21. The highest BCUT2D eigenvalue weighted by molar-refractivity contribution is 6.59. The molecule has 7 heteroatoms. The zero-order valence-electron chi connectivity index (χ0n) is 10.2. The van der Waals surface area contributed by atoms with Gasteiger partial charge >= 0.3 is 7.12 Å². The van der Waals surface area contributed by atoms with Crippen LogP contribution in [0.15, 0.2) is 36.4 Å². The largest absolute Gasteiger partial charge is 0.488 e. The van der Waals surface area contributed by atoms with Crippen LogP contribution in [-0.4, -0.2) is 17.2 Å². The van der Waals surface area contributed by atoms with Crippen molar-refractivity contribution in [1.82, 2.24) is 0 Å². The van der Waals surface area contributed by atoms with Gasteiger partial charge in [0.2, 0.25) is 0 Å². The average Bonchev–Trinajstić information content (AvgIpc) is 2.39. The molecule has 0 saturated carbocycles. The molecule has 0 aromatic heterocycles. The van der Waals surface area contributed by atoms with E-state index in [0.717, 1.165) is 6.07 Å². The standard InChI is InChI=1S/C13H10BCl2FO3/c15-11-2-1-3-12(16)13(11)20-7-8-4-5-9(17)6-10(8)14(18)19/h1-6,18-19H,7H2. The molecule has 0 spiro atoms. The molecule has 104 valence electrons. The van der Waals surface area contributed by atoms with Crippen LogP contribution in [0.5, 0.6) is 5.75 Å². The molecule has 0 aliphatic carbocycles. The predicted octanol–water partition coefficient (Wildman–Crippen LogP) is 2.39. The first-order valence-corrected chi connectivity index (χ1v) is 6.46. The van der Waals surface area contributed by atoms with Crippen LogP contribution >= 0.6 is 23.2 Å². The molecule has 20 heavy (non-hydrogen) atoms. The van der Waals surface area contributed by atoms with Gasteiger partial charge in [-0.15, -0.1) is 0 Å². The fourth-order valence-electron chi connectivity index (χ4n) is 1.71. The molecule has 2 N–H and O–H groups in total. The molecule has 0 aliphatic rings. The van der Waals surface area contributed by atoms with Gasteiger partial charge in [-0.05, 0) is 35.3 Å². The molecule has 0 radical (unpaired) electrons. The normalized spacial score (nSPS) is 10.4. The first-order chi connectivity index (χ1) is 9.49. The fraction of sp³-hybridized carbons (Fsp3) is 0.0769. The van der Waals surface area contributed by atoms with Crippen LogP contribution in [0.25, 0.3) is 0 Å². The number of halogens is 3. The number of benzene rings is 2. The smallest absolute Gasteiger partial charge is 0.486 e. The molecule has 0 heterocycles. The van der Waals surface area contributed by atoms with Crippen molar-refractivity contribution in [3.63, 3.8) is 0 Å². The highest BCUT2D eigenvalue weighted by atomic mass is 35.5. The predicted molar refractivity (Wildman–Crippen MR) is 77.0 cm³/mol. The van der Waals surface area contributed by atoms with Gasteiger partial charge in [-0.2, -0.15) is 0 Å². The topological polar surface area (TPSA) is 49.7 Å². The summed E-state index contributed by atoms with van der Waals surface area (Å²) in [6, 6.07) is 8.58. The molecule has 3 nitrogen and oxygen atoms in total. The lowest BCUT2D eigenvalue weighted by molar-refractivity contribution is 0.306. The van der Waals surface area contributed by atoms with E-state index in [-0.39, 0.29) is 12.1 Å². The molecule has 0 bridgehead atoms. The second kappa shape index (κ2) is 6.46. The minimum atomic E-state index is -1.79. The molecular formula is C13H10BCl2FO3. The van der Waals surface area contributed by atoms with Crippen LogP contribution in [0.2, 0.25) is 10.0 Å². The highest BCUT2D eigenvalue weighted by Crippen LogP contribution is 2.32. The Labute approximate surface area is 125 Å². The van der Waals surface area contributed by atoms with Crippen LogP contribution < -0.4 is 10.2 Å². The maximum atomic E-state index is 13.1. The Morgan fingerprint density at radius 1 is 1.10 bits per heavy atom. The SMILES string of the molecule is OB(O)c1cc(F)ccc1COc1c(Cl)cccc1Cl. The Hall–Kier alpha value is -1.27. The third-order valence-corrected chi connectivity index (χ3v) is 3.27. The second-order valence-electron chi connectivity index (χ2n) is 4.06. The second-order valence-corrected chi connectivity index (χ2v) is 4.87. The lowest BCUT2D eigenvalue weighted by Gasteiger charge is -2.12. The average molecular weight is 315 g/mol. The number of hydrogen-bond donors (Lipinski definition) is 2. The highest BCUT2D eigenvalue weighted by Gasteiger charge is 2.18. The molecule has 0 atom stereocenters. The van der Waals surface area contributed by atoms with Crippen molar-refractivity contribution < 1.29 is 19.2 Å². The Balaban J connectivity index is 2.23. The summed E-state index contributed by atoms with van der Waals surface area (Å²) in [4.78, 5) is 0. The maximum absolute atomic E-state index is 13.1. The van der Waals surface area contributed by atoms with E-state index in [0.29, 0.717) is 21.4 Å². The van der Waals surface area contributed by atoms with Crippen LogP contribution in [0.3, 0.4) is 0 Å². The van der Waals surface area contributed by atoms with E-state index in [2.05, 4.69) is 0 Å². The van der Waals surface area contributed by atoms with Crippen molar-refractivity contribution in [2.24, 2.45) is 0 Å². The Morgan fingerprint density at radius 2 is 1.75 bits per heavy atom. The quantitative estimate of drug-likeness (QED) is 0.852. The van der Waals surface area contributed by atoms with Gasteiger partial charge < -0.3 is 14.8 Å². The monoisotopic (exact) mass is 314 g/mol. The molecule has 2 aromatic rings. The van der Waals surface area contributed by atoms with Gasteiger partial charge in [-0.3, -0.25) is 0 Å². The third-order valence-electron chi connectivity index (χ3n) is 2.68. The molecule has 0 unspecified atom stereocenters. The van der Waals surface area contributed by atoms with Crippen molar-refractivity contribution in [2.75, 3.05) is 0 Å². The van der Waals surface area contributed by atoms with E-state index in [9.17, 15) is 14.4 Å². The van der Waals surface area contributed by atoms with Crippen LogP contribution in [-0.2, 0) is 6.61 Å². The molecule has 2 aromatic carbocycles. The van der Waals surface area contributed by atoms with Gasteiger partial charge in [-0.25, -0.2) is 4.39 Å². The summed E-state index contributed by atoms with van der Waals surface area (Å²) in [6.45, 7) is -0.0172. The van der Waals surface area contributed by atoms with Crippen molar-refractivity contribution in [2.45, 2.75) is 6.61 Å². The van der Waals surface area contributed by atoms with E-state index in [1.807, 2.05) is 0 Å². The first-order valence-electron chi connectivity index (χ1n) is 5.70. The van der Waals surface area contributed by atoms with Gasteiger partial charge in [0.05, 0.1) is 10.0 Å². The first kappa shape index (κ1) is 15.1. The number of hydrogen-bond acceptors (Lipinski definition) is 3. The van der Waals surface area contributed by atoms with Crippen LogP contribution in [0, 0.1) is 5.82 Å². The Kier molecular flexibility index (Phi) is 4.88. The molecule has 0 fully saturated rings. The molecule has 2 rings (SSSR count). The van der Waals surface area contributed by atoms with Crippen molar-refractivity contribution in [3.8, 4) is 5.75 Å². The molecule has 0 saturated heterocycles.